The minimum Gasteiger partial charge on any atom is -0.391 e. The Hall–Kier alpha value is -1.95. The Labute approximate surface area is 130 Å². The number of benzene rings is 1. The van der Waals surface area contributed by atoms with E-state index in [-0.39, 0.29) is 18.1 Å². The Morgan fingerprint density at radius 2 is 1.91 bits per heavy atom. The summed E-state index contributed by atoms with van der Waals surface area (Å²) in [5, 5.41) is 23.6. The summed E-state index contributed by atoms with van der Waals surface area (Å²) >= 11 is 0. The van der Waals surface area contributed by atoms with Gasteiger partial charge in [-0.15, -0.1) is 0 Å². The highest BCUT2D eigenvalue weighted by Gasteiger charge is 2.23. The van der Waals surface area contributed by atoms with Crippen LogP contribution in [0.3, 0.4) is 0 Å². The van der Waals surface area contributed by atoms with E-state index in [9.17, 15) is 20.0 Å². The molecule has 0 saturated carbocycles. The van der Waals surface area contributed by atoms with Gasteiger partial charge < -0.3 is 10.4 Å². The summed E-state index contributed by atoms with van der Waals surface area (Å²) in [5.74, 6) is -0.0586. The van der Waals surface area contributed by atoms with E-state index in [4.69, 9.17) is 0 Å². The summed E-state index contributed by atoms with van der Waals surface area (Å²) in [4.78, 5) is 23.0. The van der Waals surface area contributed by atoms with Gasteiger partial charge >= 0.3 is 0 Å². The number of aryl methyl sites for hydroxylation is 2. The minimum absolute atomic E-state index is 0.0292. The number of hydrogen-bond donors (Lipinski definition) is 2. The van der Waals surface area contributed by atoms with Crippen LogP contribution in [-0.2, 0) is 0 Å². The zero-order valence-corrected chi connectivity index (χ0v) is 13.8. The van der Waals surface area contributed by atoms with E-state index in [1.54, 1.807) is 26.8 Å². The van der Waals surface area contributed by atoms with E-state index >= 15 is 0 Å². The number of nitrogens with zero attached hydrogens (tertiary/aromatic N) is 1. The number of aliphatic hydroxyl groups is 1. The van der Waals surface area contributed by atoms with Gasteiger partial charge in [0.25, 0.3) is 11.6 Å². The highest BCUT2D eigenvalue weighted by atomic mass is 16.6. The quantitative estimate of drug-likeness (QED) is 0.624. The van der Waals surface area contributed by atoms with Crippen LogP contribution in [0, 0.1) is 36.8 Å². The van der Waals surface area contributed by atoms with Crippen molar-refractivity contribution < 1.29 is 14.8 Å². The lowest BCUT2D eigenvalue weighted by molar-refractivity contribution is -0.386. The Morgan fingerprint density at radius 1 is 1.32 bits per heavy atom. The first-order valence-corrected chi connectivity index (χ1v) is 7.36. The molecule has 0 heterocycles. The SMILES string of the molecule is Cc1cc(C)c([N+](=O)[O-])c(C)c1C(=O)NCC(O)CC(C)C. The predicted molar refractivity (Wildman–Crippen MR) is 85.1 cm³/mol. The Balaban J connectivity index is 2.99. The Morgan fingerprint density at radius 3 is 2.41 bits per heavy atom. The van der Waals surface area contributed by atoms with E-state index in [0.29, 0.717) is 34.6 Å². The molecule has 2 N–H and O–H groups in total. The number of amides is 1. The highest BCUT2D eigenvalue weighted by Crippen LogP contribution is 2.28. The number of nitrogens with one attached hydrogen (secondary N) is 1. The van der Waals surface area contributed by atoms with E-state index in [1.807, 2.05) is 13.8 Å². The molecule has 22 heavy (non-hydrogen) atoms. The molecule has 6 nitrogen and oxygen atoms in total. The van der Waals surface area contributed by atoms with E-state index in [0.717, 1.165) is 0 Å². The molecule has 0 aliphatic rings. The van der Waals surface area contributed by atoms with E-state index < -0.39 is 11.0 Å². The van der Waals surface area contributed by atoms with Gasteiger partial charge in [-0.3, -0.25) is 14.9 Å². The van der Waals surface area contributed by atoms with Gasteiger partial charge in [0.05, 0.1) is 16.6 Å². The normalized spacial score (nSPS) is 12.3. The van der Waals surface area contributed by atoms with Crippen molar-refractivity contribution in [2.75, 3.05) is 6.54 Å². The standard InChI is InChI=1S/C16H24N2O4/c1-9(2)6-13(19)8-17-16(20)14-10(3)7-11(4)15(12(14)5)18(21)22/h7,9,13,19H,6,8H2,1-5H3,(H,17,20). The molecule has 0 spiro atoms. The molecule has 1 aromatic carbocycles. The van der Waals surface area contributed by atoms with Crippen molar-refractivity contribution in [2.24, 2.45) is 5.92 Å². The van der Waals surface area contributed by atoms with Crippen LogP contribution in [0.1, 0.15) is 47.3 Å². The maximum atomic E-state index is 12.3. The maximum absolute atomic E-state index is 12.3. The van der Waals surface area contributed by atoms with Crippen LogP contribution in [0.15, 0.2) is 6.07 Å². The van der Waals surface area contributed by atoms with Crippen LogP contribution in [0.5, 0.6) is 0 Å². The fourth-order valence-corrected chi connectivity index (χ4v) is 2.73. The zero-order valence-electron chi connectivity index (χ0n) is 13.8. The van der Waals surface area contributed by atoms with E-state index in [1.165, 1.54) is 0 Å². The van der Waals surface area contributed by atoms with Gasteiger partial charge in [0.1, 0.15) is 0 Å². The van der Waals surface area contributed by atoms with Crippen LogP contribution < -0.4 is 5.32 Å². The summed E-state index contributed by atoms with van der Waals surface area (Å²) in [6, 6.07) is 1.64. The summed E-state index contributed by atoms with van der Waals surface area (Å²) < 4.78 is 0. The molecule has 0 aromatic heterocycles. The highest BCUT2D eigenvalue weighted by molar-refractivity contribution is 5.98. The zero-order chi connectivity index (χ0) is 17.0. The topological polar surface area (TPSA) is 92.5 Å². The second-order valence-electron chi connectivity index (χ2n) is 6.11. The number of rotatable bonds is 6. The van der Waals surface area contributed by atoms with Gasteiger partial charge in [-0.25, -0.2) is 0 Å². The van der Waals surface area contributed by atoms with Crippen molar-refractivity contribution in [3.05, 3.63) is 38.4 Å². The third kappa shape index (κ3) is 4.27. The second kappa shape index (κ2) is 7.35. The average molecular weight is 308 g/mol. The molecule has 0 bridgehead atoms. The van der Waals surface area contributed by atoms with Crippen molar-refractivity contribution in [3.63, 3.8) is 0 Å². The Bertz CT molecular complexity index is 582. The van der Waals surface area contributed by atoms with Gasteiger partial charge in [0.2, 0.25) is 0 Å². The van der Waals surface area contributed by atoms with Crippen LogP contribution in [-0.4, -0.2) is 28.6 Å². The second-order valence-corrected chi connectivity index (χ2v) is 6.11. The molecule has 1 unspecified atom stereocenters. The van der Waals surface area contributed by atoms with Crippen LogP contribution in [0.2, 0.25) is 0 Å². The molecule has 0 aliphatic carbocycles. The molecular weight excluding hydrogens is 284 g/mol. The summed E-state index contributed by atoms with van der Waals surface area (Å²) in [5.41, 5.74) is 1.87. The molecule has 1 atom stereocenters. The molecule has 1 rings (SSSR count). The molecule has 1 aromatic rings. The fraction of sp³-hybridized carbons (Fsp3) is 0.562. The van der Waals surface area contributed by atoms with Crippen LogP contribution >= 0.6 is 0 Å². The molecule has 6 heteroatoms. The van der Waals surface area contributed by atoms with Gasteiger partial charge in [-0.05, 0) is 44.7 Å². The van der Waals surface area contributed by atoms with Gasteiger partial charge in [-0.2, -0.15) is 0 Å². The van der Waals surface area contributed by atoms with Crippen molar-refractivity contribution >= 4 is 11.6 Å². The largest absolute Gasteiger partial charge is 0.391 e. The smallest absolute Gasteiger partial charge is 0.275 e. The predicted octanol–water partition coefficient (Wildman–Crippen LogP) is 2.66. The summed E-state index contributed by atoms with van der Waals surface area (Å²) in [6.45, 7) is 9.11. The van der Waals surface area contributed by atoms with Gasteiger partial charge in [0.15, 0.2) is 0 Å². The third-order valence-corrected chi connectivity index (χ3v) is 3.58. The average Bonchev–Trinajstić information content (AvgIpc) is 2.34. The number of nitro groups is 1. The molecule has 0 fully saturated rings. The molecular formula is C16H24N2O4. The number of aliphatic hydroxyl groups excluding tert-OH is 1. The lowest BCUT2D eigenvalue weighted by atomic mass is 9.96. The first-order chi connectivity index (χ1) is 10.1. The number of hydrogen-bond acceptors (Lipinski definition) is 4. The number of carbonyl (C=O) groups excluding carboxylic acids is 1. The van der Waals surface area contributed by atoms with Crippen LogP contribution in [0.4, 0.5) is 5.69 Å². The van der Waals surface area contributed by atoms with Gasteiger partial charge in [0, 0.05) is 17.7 Å². The Kier molecular flexibility index (Phi) is 6.05. The fourth-order valence-electron chi connectivity index (χ4n) is 2.73. The first kappa shape index (κ1) is 18.1. The minimum atomic E-state index is -0.620. The van der Waals surface area contributed by atoms with Crippen molar-refractivity contribution in [1.82, 2.24) is 5.32 Å². The lowest BCUT2D eigenvalue weighted by Gasteiger charge is -2.16. The van der Waals surface area contributed by atoms with Crippen molar-refractivity contribution in [1.29, 1.82) is 0 Å². The number of carbonyl (C=O) groups is 1. The number of nitro benzene ring substituents is 1. The molecule has 0 saturated heterocycles. The third-order valence-electron chi connectivity index (χ3n) is 3.58. The molecule has 1 amide bonds. The summed E-state index contributed by atoms with van der Waals surface area (Å²) in [7, 11) is 0. The molecule has 0 radical (unpaired) electrons. The molecule has 122 valence electrons. The monoisotopic (exact) mass is 308 g/mol. The first-order valence-electron chi connectivity index (χ1n) is 7.36. The molecule has 0 aliphatic heterocycles. The summed E-state index contributed by atoms with van der Waals surface area (Å²) in [6.07, 6.45) is -0.0308. The lowest BCUT2D eigenvalue weighted by Crippen LogP contribution is -2.33. The van der Waals surface area contributed by atoms with Gasteiger partial charge in [-0.1, -0.05) is 13.8 Å². The van der Waals surface area contributed by atoms with Crippen LogP contribution in [0.25, 0.3) is 0 Å². The van der Waals surface area contributed by atoms with E-state index in [2.05, 4.69) is 5.32 Å². The van der Waals surface area contributed by atoms with Crippen molar-refractivity contribution in [3.8, 4) is 0 Å². The maximum Gasteiger partial charge on any atom is 0.275 e. The van der Waals surface area contributed by atoms with Crippen molar-refractivity contribution in [2.45, 2.75) is 47.1 Å².